The number of thioether (sulfide) groups is 1. The Labute approximate surface area is 89.9 Å². The van der Waals surface area contributed by atoms with Crippen molar-refractivity contribution < 1.29 is 19.4 Å². The van der Waals surface area contributed by atoms with Gasteiger partial charge in [0.2, 0.25) is 0 Å². The minimum Gasteiger partial charge on any atom is -0.479 e. The standard InChI is InChI=1S/C8H9ClO4S/c9-7-2-1-5(13-7)3-14-4-6(10)8(11)12/h1-2,6,10H,3-4H2,(H,11,12). The van der Waals surface area contributed by atoms with Crippen LogP contribution in [0.25, 0.3) is 0 Å². The van der Waals surface area contributed by atoms with Gasteiger partial charge in [0.05, 0.1) is 5.75 Å². The summed E-state index contributed by atoms with van der Waals surface area (Å²) in [7, 11) is 0. The van der Waals surface area contributed by atoms with Crippen LogP contribution in [0.2, 0.25) is 5.22 Å². The lowest BCUT2D eigenvalue weighted by Gasteiger charge is -2.02. The van der Waals surface area contributed by atoms with E-state index < -0.39 is 12.1 Å². The minimum absolute atomic E-state index is 0.133. The third-order valence-corrected chi connectivity index (χ3v) is 2.68. The largest absolute Gasteiger partial charge is 0.479 e. The van der Waals surface area contributed by atoms with Crippen molar-refractivity contribution in [2.24, 2.45) is 0 Å². The Bertz CT molecular complexity index is 312. The molecule has 0 aliphatic carbocycles. The van der Waals surface area contributed by atoms with E-state index in [1.54, 1.807) is 12.1 Å². The third kappa shape index (κ3) is 3.61. The highest BCUT2D eigenvalue weighted by molar-refractivity contribution is 7.98. The maximum atomic E-state index is 10.2. The monoisotopic (exact) mass is 236 g/mol. The summed E-state index contributed by atoms with van der Waals surface area (Å²) in [6, 6.07) is 3.33. The molecule has 1 atom stereocenters. The van der Waals surface area contributed by atoms with Crippen LogP contribution in [0.3, 0.4) is 0 Å². The molecule has 1 rings (SSSR count). The number of aliphatic hydroxyl groups excluding tert-OH is 1. The number of halogens is 1. The van der Waals surface area contributed by atoms with Gasteiger partial charge in [0.1, 0.15) is 5.76 Å². The number of rotatable bonds is 5. The molecule has 0 aliphatic heterocycles. The van der Waals surface area contributed by atoms with Crippen LogP contribution in [0, 0.1) is 0 Å². The zero-order valence-electron chi connectivity index (χ0n) is 7.14. The highest BCUT2D eigenvalue weighted by Gasteiger charge is 2.12. The number of carboxylic acid groups (broad SMARTS) is 1. The predicted molar refractivity (Wildman–Crippen MR) is 53.5 cm³/mol. The number of carbonyl (C=O) groups is 1. The fourth-order valence-electron chi connectivity index (χ4n) is 0.772. The SMILES string of the molecule is O=C(O)C(O)CSCc1ccc(Cl)o1. The summed E-state index contributed by atoms with van der Waals surface area (Å²) in [6.07, 6.45) is -1.33. The Morgan fingerprint density at radius 3 is 2.86 bits per heavy atom. The van der Waals surface area contributed by atoms with Crippen molar-refractivity contribution in [2.45, 2.75) is 11.9 Å². The van der Waals surface area contributed by atoms with Crippen molar-refractivity contribution in [3.8, 4) is 0 Å². The molecule has 0 radical (unpaired) electrons. The first kappa shape index (κ1) is 11.4. The van der Waals surface area contributed by atoms with E-state index in [4.69, 9.17) is 26.2 Å². The van der Waals surface area contributed by atoms with Crippen LogP contribution in [0.4, 0.5) is 0 Å². The fraction of sp³-hybridized carbons (Fsp3) is 0.375. The summed E-state index contributed by atoms with van der Waals surface area (Å²) in [6.45, 7) is 0. The summed E-state index contributed by atoms with van der Waals surface area (Å²) in [5.74, 6) is 0.0811. The van der Waals surface area contributed by atoms with Gasteiger partial charge in [0, 0.05) is 5.75 Å². The molecule has 0 amide bonds. The summed E-state index contributed by atoms with van der Waals surface area (Å²) >= 11 is 6.81. The van der Waals surface area contributed by atoms with Crippen molar-refractivity contribution in [3.05, 3.63) is 23.1 Å². The van der Waals surface area contributed by atoms with Crippen LogP contribution < -0.4 is 0 Å². The van der Waals surface area contributed by atoms with Crippen LogP contribution in [0.15, 0.2) is 16.5 Å². The van der Waals surface area contributed by atoms with Gasteiger partial charge in [-0.2, -0.15) is 11.8 Å². The second kappa shape index (κ2) is 5.29. The maximum absolute atomic E-state index is 10.2. The Morgan fingerprint density at radius 1 is 1.64 bits per heavy atom. The average Bonchev–Trinajstić information content (AvgIpc) is 2.51. The van der Waals surface area contributed by atoms with Gasteiger partial charge in [-0.3, -0.25) is 0 Å². The van der Waals surface area contributed by atoms with Gasteiger partial charge in [0.25, 0.3) is 0 Å². The third-order valence-electron chi connectivity index (χ3n) is 1.43. The van der Waals surface area contributed by atoms with E-state index in [2.05, 4.69) is 0 Å². The van der Waals surface area contributed by atoms with E-state index in [1.807, 2.05) is 0 Å². The summed E-state index contributed by atoms with van der Waals surface area (Å²) in [5, 5.41) is 17.6. The Kier molecular flexibility index (Phi) is 4.31. The molecule has 2 N–H and O–H groups in total. The molecule has 1 aromatic rings. The van der Waals surface area contributed by atoms with Crippen molar-refractivity contribution in [3.63, 3.8) is 0 Å². The molecule has 0 saturated heterocycles. The summed E-state index contributed by atoms with van der Waals surface area (Å²) < 4.78 is 5.04. The average molecular weight is 237 g/mol. The molecule has 4 nitrogen and oxygen atoms in total. The van der Waals surface area contributed by atoms with Crippen LogP contribution in [0.1, 0.15) is 5.76 Å². The van der Waals surface area contributed by atoms with E-state index in [9.17, 15) is 4.79 Å². The normalized spacial score (nSPS) is 12.7. The number of aliphatic carboxylic acids is 1. The number of hydrogen-bond donors (Lipinski definition) is 2. The lowest BCUT2D eigenvalue weighted by molar-refractivity contribution is -0.145. The zero-order chi connectivity index (χ0) is 10.6. The van der Waals surface area contributed by atoms with Gasteiger partial charge in [-0.25, -0.2) is 4.79 Å². The smallest absolute Gasteiger partial charge is 0.333 e. The van der Waals surface area contributed by atoms with Crippen LogP contribution in [0.5, 0.6) is 0 Å². The first-order valence-corrected chi connectivity index (χ1v) is 5.35. The maximum Gasteiger partial charge on any atom is 0.333 e. The molecule has 1 heterocycles. The minimum atomic E-state index is -1.33. The van der Waals surface area contributed by atoms with Crippen molar-refractivity contribution >= 4 is 29.3 Å². The van der Waals surface area contributed by atoms with Crippen molar-refractivity contribution in [1.29, 1.82) is 0 Å². The summed E-state index contributed by atoms with van der Waals surface area (Å²) in [4.78, 5) is 10.2. The molecule has 6 heteroatoms. The number of hydrogen-bond acceptors (Lipinski definition) is 4. The first-order valence-electron chi connectivity index (χ1n) is 3.82. The molecule has 78 valence electrons. The van der Waals surface area contributed by atoms with Gasteiger partial charge in [-0.05, 0) is 23.7 Å². The van der Waals surface area contributed by atoms with E-state index >= 15 is 0 Å². The molecule has 0 fully saturated rings. The van der Waals surface area contributed by atoms with Crippen LogP contribution in [-0.2, 0) is 10.5 Å². The summed E-state index contributed by atoms with van der Waals surface area (Å²) in [5.41, 5.74) is 0. The first-order chi connectivity index (χ1) is 6.59. The molecule has 0 saturated carbocycles. The highest BCUT2D eigenvalue weighted by Crippen LogP contribution is 2.18. The molecule has 0 spiro atoms. The molecule has 0 bridgehead atoms. The second-order valence-electron chi connectivity index (χ2n) is 2.57. The van der Waals surface area contributed by atoms with Gasteiger partial charge < -0.3 is 14.6 Å². The Balaban J connectivity index is 2.25. The van der Waals surface area contributed by atoms with Crippen molar-refractivity contribution in [1.82, 2.24) is 0 Å². The van der Waals surface area contributed by atoms with Crippen LogP contribution >= 0.6 is 23.4 Å². The van der Waals surface area contributed by atoms with E-state index in [-0.39, 0.29) is 5.75 Å². The quantitative estimate of drug-likeness (QED) is 0.813. The van der Waals surface area contributed by atoms with E-state index in [1.165, 1.54) is 11.8 Å². The Morgan fingerprint density at radius 2 is 2.36 bits per heavy atom. The van der Waals surface area contributed by atoms with E-state index in [0.717, 1.165) is 0 Å². The lowest BCUT2D eigenvalue weighted by atomic mass is 10.4. The molecule has 0 aromatic carbocycles. The van der Waals surface area contributed by atoms with E-state index in [0.29, 0.717) is 16.7 Å². The zero-order valence-corrected chi connectivity index (χ0v) is 8.72. The molecular weight excluding hydrogens is 228 g/mol. The Hall–Kier alpha value is -0.650. The predicted octanol–water partition coefficient (Wildman–Crippen LogP) is 1.61. The number of aliphatic hydroxyl groups is 1. The van der Waals surface area contributed by atoms with Gasteiger partial charge in [0.15, 0.2) is 11.3 Å². The molecular formula is C8H9ClO4S. The number of furan rings is 1. The molecule has 0 aliphatic rings. The fourth-order valence-corrected chi connectivity index (χ4v) is 1.77. The molecule has 14 heavy (non-hydrogen) atoms. The second-order valence-corrected chi connectivity index (χ2v) is 3.98. The van der Waals surface area contributed by atoms with Crippen molar-refractivity contribution in [2.75, 3.05) is 5.75 Å². The van der Waals surface area contributed by atoms with Gasteiger partial charge >= 0.3 is 5.97 Å². The van der Waals surface area contributed by atoms with Gasteiger partial charge in [-0.15, -0.1) is 0 Å². The van der Waals surface area contributed by atoms with Gasteiger partial charge in [-0.1, -0.05) is 0 Å². The number of carboxylic acids is 1. The molecule has 1 unspecified atom stereocenters. The lowest BCUT2D eigenvalue weighted by Crippen LogP contribution is -2.21. The highest BCUT2D eigenvalue weighted by atomic mass is 35.5. The molecule has 1 aromatic heterocycles. The topological polar surface area (TPSA) is 70.7 Å². The van der Waals surface area contributed by atoms with Crippen LogP contribution in [-0.4, -0.2) is 28.0 Å².